The number of para-hydroxylation sites is 2. The Morgan fingerprint density at radius 2 is 1.88 bits per heavy atom. The van der Waals surface area contributed by atoms with Crippen LogP contribution in [0.1, 0.15) is 37.3 Å². The van der Waals surface area contributed by atoms with Crippen LogP contribution in [0.25, 0.3) is 11.0 Å². The van der Waals surface area contributed by atoms with Crippen molar-refractivity contribution in [1.82, 2.24) is 9.55 Å². The third-order valence-corrected chi connectivity index (χ3v) is 4.18. The number of aromatic nitrogens is 2. The van der Waals surface area contributed by atoms with E-state index in [9.17, 15) is 5.11 Å². The summed E-state index contributed by atoms with van der Waals surface area (Å²) in [5, 5.41) is 10.3. The van der Waals surface area contributed by atoms with E-state index in [-0.39, 0.29) is 0 Å². The van der Waals surface area contributed by atoms with Gasteiger partial charge in [-0.25, -0.2) is 4.98 Å². The van der Waals surface area contributed by atoms with Gasteiger partial charge in [0.05, 0.1) is 17.6 Å². The zero-order chi connectivity index (χ0) is 16.9. The molecule has 0 bridgehead atoms. The molecule has 1 aromatic heterocycles. The standard InChI is InChI=1S/C20H24N2O2/c1-3-19(23)20-21-17-7-4-5-8-18(17)22(20)13-6-14-24-16-11-9-15(2)10-12-16/h4-5,7-12,19,23H,3,6,13-14H2,1-2H3/t19-/m1/s1. The zero-order valence-corrected chi connectivity index (χ0v) is 14.3. The Bertz CT molecular complexity index is 793. The minimum absolute atomic E-state index is 0.532. The molecule has 0 aliphatic carbocycles. The number of hydrogen-bond donors (Lipinski definition) is 1. The van der Waals surface area contributed by atoms with E-state index in [1.54, 1.807) is 0 Å². The lowest BCUT2D eigenvalue weighted by Gasteiger charge is -2.13. The molecule has 0 radical (unpaired) electrons. The van der Waals surface area contributed by atoms with Gasteiger partial charge in [0.2, 0.25) is 0 Å². The molecular formula is C20H24N2O2. The van der Waals surface area contributed by atoms with Crippen LogP contribution < -0.4 is 4.74 Å². The van der Waals surface area contributed by atoms with Gasteiger partial charge in [-0.05, 0) is 44.0 Å². The van der Waals surface area contributed by atoms with Gasteiger partial charge < -0.3 is 14.4 Å². The number of benzene rings is 2. The van der Waals surface area contributed by atoms with Crippen LogP contribution in [-0.4, -0.2) is 21.3 Å². The molecule has 0 fully saturated rings. The number of rotatable bonds is 7. The summed E-state index contributed by atoms with van der Waals surface area (Å²) in [6.45, 7) is 5.44. The van der Waals surface area contributed by atoms with Crippen LogP contribution in [0.5, 0.6) is 5.75 Å². The van der Waals surface area contributed by atoms with Gasteiger partial charge in [-0.1, -0.05) is 36.8 Å². The summed E-state index contributed by atoms with van der Waals surface area (Å²) in [5.41, 5.74) is 3.22. The van der Waals surface area contributed by atoms with Crippen molar-refractivity contribution in [2.24, 2.45) is 0 Å². The van der Waals surface area contributed by atoms with Gasteiger partial charge in [-0.15, -0.1) is 0 Å². The van der Waals surface area contributed by atoms with Crippen LogP contribution in [0.4, 0.5) is 0 Å². The molecule has 126 valence electrons. The molecule has 4 heteroatoms. The first-order valence-corrected chi connectivity index (χ1v) is 8.51. The summed E-state index contributed by atoms with van der Waals surface area (Å²) in [6.07, 6.45) is 0.983. The predicted molar refractivity (Wildman–Crippen MR) is 96.3 cm³/mol. The van der Waals surface area contributed by atoms with Crippen LogP contribution in [0, 0.1) is 6.92 Å². The Morgan fingerprint density at radius 1 is 1.12 bits per heavy atom. The van der Waals surface area contributed by atoms with Crippen molar-refractivity contribution < 1.29 is 9.84 Å². The molecule has 0 spiro atoms. The highest BCUT2D eigenvalue weighted by atomic mass is 16.5. The van der Waals surface area contributed by atoms with Crippen molar-refractivity contribution in [2.75, 3.05) is 6.61 Å². The van der Waals surface area contributed by atoms with Gasteiger partial charge in [0, 0.05) is 6.54 Å². The summed E-state index contributed by atoms with van der Waals surface area (Å²) in [6, 6.07) is 16.1. The third kappa shape index (κ3) is 3.60. The Hall–Kier alpha value is -2.33. The normalized spacial score (nSPS) is 12.5. The summed E-state index contributed by atoms with van der Waals surface area (Å²) >= 11 is 0. The molecule has 2 aromatic carbocycles. The summed E-state index contributed by atoms with van der Waals surface area (Å²) < 4.78 is 7.91. The second kappa shape index (κ2) is 7.49. The Balaban J connectivity index is 1.68. The molecule has 3 rings (SSSR count). The second-order valence-corrected chi connectivity index (χ2v) is 6.05. The Kier molecular flexibility index (Phi) is 5.16. The fourth-order valence-electron chi connectivity index (χ4n) is 2.81. The first-order chi connectivity index (χ1) is 11.7. The van der Waals surface area contributed by atoms with Crippen molar-refractivity contribution in [3.05, 3.63) is 59.9 Å². The number of aliphatic hydroxyl groups is 1. The molecule has 1 atom stereocenters. The lowest BCUT2D eigenvalue weighted by atomic mass is 10.2. The van der Waals surface area contributed by atoms with Crippen molar-refractivity contribution in [3.8, 4) is 5.75 Å². The highest BCUT2D eigenvalue weighted by molar-refractivity contribution is 5.76. The molecule has 0 amide bonds. The quantitative estimate of drug-likeness (QED) is 0.661. The van der Waals surface area contributed by atoms with Crippen molar-refractivity contribution >= 4 is 11.0 Å². The van der Waals surface area contributed by atoms with Gasteiger partial charge in [0.15, 0.2) is 0 Å². The number of fused-ring (bicyclic) bond motifs is 1. The van der Waals surface area contributed by atoms with E-state index in [2.05, 4.69) is 34.7 Å². The smallest absolute Gasteiger partial charge is 0.138 e. The number of hydrogen-bond acceptors (Lipinski definition) is 3. The molecule has 4 nitrogen and oxygen atoms in total. The van der Waals surface area contributed by atoms with Gasteiger partial charge in [0.1, 0.15) is 17.7 Å². The number of aryl methyl sites for hydroxylation is 2. The zero-order valence-electron chi connectivity index (χ0n) is 14.3. The first kappa shape index (κ1) is 16.5. The van der Waals surface area contributed by atoms with E-state index >= 15 is 0 Å². The van der Waals surface area contributed by atoms with Crippen LogP contribution in [0.3, 0.4) is 0 Å². The maximum Gasteiger partial charge on any atom is 0.138 e. The minimum atomic E-state index is -0.532. The fourth-order valence-corrected chi connectivity index (χ4v) is 2.81. The SMILES string of the molecule is CC[C@@H](O)c1nc2ccccc2n1CCCOc1ccc(C)cc1. The number of ether oxygens (including phenoxy) is 1. The molecule has 3 aromatic rings. The largest absolute Gasteiger partial charge is 0.494 e. The lowest BCUT2D eigenvalue weighted by molar-refractivity contribution is 0.158. The van der Waals surface area contributed by atoms with Gasteiger partial charge in [0.25, 0.3) is 0 Å². The first-order valence-electron chi connectivity index (χ1n) is 8.51. The molecule has 0 saturated heterocycles. The van der Waals surface area contributed by atoms with E-state index < -0.39 is 6.10 Å². The summed E-state index contributed by atoms with van der Waals surface area (Å²) in [4.78, 5) is 4.60. The maximum absolute atomic E-state index is 10.3. The molecule has 24 heavy (non-hydrogen) atoms. The Labute approximate surface area is 142 Å². The number of aliphatic hydroxyl groups excluding tert-OH is 1. The second-order valence-electron chi connectivity index (χ2n) is 6.05. The molecule has 0 aliphatic rings. The van der Waals surface area contributed by atoms with Crippen molar-refractivity contribution in [2.45, 2.75) is 39.3 Å². The van der Waals surface area contributed by atoms with E-state index in [1.807, 2.05) is 37.3 Å². The van der Waals surface area contributed by atoms with Crippen LogP contribution in [-0.2, 0) is 6.54 Å². The molecule has 0 unspecified atom stereocenters. The molecule has 1 N–H and O–H groups in total. The number of nitrogens with zero attached hydrogens (tertiary/aromatic N) is 2. The molecule has 0 saturated carbocycles. The average molecular weight is 324 g/mol. The van der Waals surface area contributed by atoms with E-state index in [0.717, 1.165) is 35.6 Å². The molecule has 1 heterocycles. The monoisotopic (exact) mass is 324 g/mol. The minimum Gasteiger partial charge on any atom is -0.494 e. The highest BCUT2D eigenvalue weighted by Crippen LogP contribution is 2.23. The third-order valence-electron chi connectivity index (χ3n) is 4.18. The van der Waals surface area contributed by atoms with Gasteiger partial charge in [-0.2, -0.15) is 0 Å². The summed E-state index contributed by atoms with van der Waals surface area (Å²) in [5.74, 6) is 1.64. The summed E-state index contributed by atoms with van der Waals surface area (Å²) in [7, 11) is 0. The highest BCUT2D eigenvalue weighted by Gasteiger charge is 2.16. The molecule has 0 aliphatic heterocycles. The number of imidazole rings is 1. The predicted octanol–water partition coefficient (Wildman–Crippen LogP) is 4.26. The maximum atomic E-state index is 10.3. The van der Waals surface area contributed by atoms with Crippen molar-refractivity contribution in [1.29, 1.82) is 0 Å². The van der Waals surface area contributed by atoms with Crippen LogP contribution >= 0.6 is 0 Å². The fraction of sp³-hybridized carbons (Fsp3) is 0.350. The van der Waals surface area contributed by atoms with E-state index in [4.69, 9.17) is 4.74 Å². The van der Waals surface area contributed by atoms with E-state index in [0.29, 0.717) is 13.0 Å². The van der Waals surface area contributed by atoms with Crippen molar-refractivity contribution in [3.63, 3.8) is 0 Å². The van der Waals surface area contributed by atoms with Gasteiger partial charge in [-0.3, -0.25) is 0 Å². The van der Waals surface area contributed by atoms with Gasteiger partial charge >= 0.3 is 0 Å². The van der Waals surface area contributed by atoms with Crippen LogP contribution in [0.2, 0.25) is 0 Å². The van der Waals surface area contributed by atoms with Crippen LogP contribution in [0.15, 0.2) is 48.5 Å². The Morgan fingerprint density at radius 3 is 2.62 bits per heavy atom. The topological polar surface area (TPSA) is 47.3 Å². The van der Waals surface area contributed by atoms with E-state index in [1.165, 1.54) is 5.56 Å². The average Bonchev–Trinajstić information content (AvgIpc) is 2.98. The molecular weight excluding hydrogens is 300 g/mol. The lowest BCUT2D eigenvalue weighted by Crippen LogP contribution is -2.11.